The van der Waals surface area contributed by atoms with E-state index in [1.807, 2.05) is 12.1 Å². The SMILES string of the molecule is Nc1ccc2c(c1)CC1CCC(C2)C1NS(=O)(=O)c1ccc(Cl)s1. The Morgan fingerprint density at radius 2 is 1.79 bits per heavy atom. The molecule has 1 fully saturated rings. The Morgan fingerprint density at radius 1 is 1.08 bits per heavy atom. The first-order chi connectivity index (χ1) is 11.4. The van der Waals surface area contributed by atoms with Crippen molar-refractivity contribution in [2.75, 3.05) is 5.73 Å². The second-order valence-corrected chi connectivity index (χ2v) is 10.4. The van der Waals surface area contributed by atoms with Crippen molar-refractivity contribution in [2.24, 2.45) is 11.8 Å². The zero-order valence-electron chi connectivity index (χ0n) is 13.0. The molecule has 2 aliphatic rings. The van der Waals surface area contributed by atoms with Crippen molar-refractivity contribution >= 4 is 38.6 Å². The van der Waals surface area contributed by atoms with Crippen LogP contribution in [0.4, 0.5) is 5.69 Å². The molecule has 2 bridgehead atoms. The van der Waals surface area contributed by atoms with Crippen molar-refractivity contribution in [2.45, 2.75) is 35.9 Å². The average molecular weight is 383 g/mol. The zero-order valence-corrected chi connectivity index (χ0v) is 15.4. The number of sulfonamides is 1. The first kappa shape index (κ1) is 16.4. The molecule has 128 valence electrons. The minimum absolute atomic E-state index is 0.0236. The number of nitrogen functional groups attached to an aromatic ring is 1. The van der Waals surface area contributed by atoms with E-state index >= 15 is 0 Å². The van der Waals surface area contributed by atoms with Crippen LogP contribution in [0.3, 0.4) is 0 Å². The van der Waals surface area contributed by atoms with Gasteiger partial charge < -0.3 is 5.73 Å². The largest absolute Gasteiger partial charge is 0.399 e. The molecule has 3 unspecified atom stereocenters. The molecule has 2 aliphatic carbocycles. The summed E-state index contributed by atoms with van der Waals surface area (Å²) in [6.45, 7) is 0. The van der Waals surface area contributed by atoms with E-state index in [9.17, 15) is 8.42 Å². The normalized spacial score (nSPS) is 26.1. The maximum Gasteiger partial charge on any atom is 0.250 e. The summed E-state index contributed by atoms with van der Waals surface area (Å²) in [4.78, 5) is 0. The Balaban J connectivity index is 1.61. The van der Waals surface area contributed by atoms with E-state index in [1.54, 1.807) is 12.1 Å². The van der Waals surface area contributed by atoms with Gasteiger partial charge in [-0.3, -0.25) is 0 Å². The summed E-state index contributed by atoms with van der Waals surface area (Å²) in [5, 5.41) is 0. The number of halogens is 1. The van der Waals surface area contributed by atoms with Crippen LogP contribution in [0.15, 0.2) is 34.5 Å². The molecule has 7 heteroatoms. The fraction of sp³-hybridized carbons (Fsp3) is 0.412. The van der Waals surface area contributed by atoms with Gasteiger partial charge in [-0.15, -0.1) is 11.3 Å². The number of benzene rings is 1. The summed E-state index contributed by atoms with van der Waals surface area (Å²) < 4.78 is 29.1. The summed E-state index contributed by atoms with van der Waals surface area (Å²) in [6, 6.07) is 9.25. The van der Waals surface area contributed by atoms with E-state index in [1.165, 1.54) is 11.1 Å². The van der Waals surface area contributed by atoms with Gasteiger partial charge in [0.2, 0.25) is 10.0 Å². The molecular formula is C17H19ClN2O2S2. The molecule has 2 aromatic rings. The lowest BCUT2D eigenvalue weighted by Crippen LogP contribution is -2.41. The minimum Gasteiger partial charge on any atom is -0.399 e. The Morgan fingerprint density at radius 3 is 2.46 bits per heavy atom. The summed E-state index contributed by atoms with van der Waals surface area (Å²) in [5.41, 5.74) is 9.27. The number of hydrogen-bond acceptors (Lipinski definition) is 4. The highest BCUT2D eigenvalue weighted by molar-refractivity contribution is 7.91. The number of hydrogen-bond donors (Lipinski definition) is 2. The van der Waals surface area contributed by atoms with Crippen LogP contribution in [-0.4, -0.2) is 14.5 Å². The highest BCUT2D eigenvalue weighted by atomic mass is 35.5. The van der Waals surface area contributed by atoms with E-state index in [0.29, 0.717) is 16.2 Å². The minimum atomic E-state index is -3.52. The Hall–Kier alpha value is -1.08. The molecule has 1 aromatic carbocycles. The topological polar surface area (TPSA) is 72.2 Å². The van der Waals surface area contributed by atoms with Gasteiger partial charge in [-0.05, 0) is 72.9 Å². The van der Waals surface area contributed by atoms with Crippen LogP contribution in [0.25, 0.3) is 0 Å². The predicted molar refractivity (Wildman–Crippen MR) is 97.9 cm³/mol. The van der Waals surface area contributed by atoms with Gasteiger partial charge in [-0.1, -0.05) is 17.7 Å². The molecule has 1 saturated carbocycles. The van der Waals surface area contributed by atoms with Crippen LogP contribution in [0, 0.1) is 11.8 Å². The summed E-state index contributed by atoms with van der Waals surface area (Å²) >= 11 is 6.99. The van der Waals surface area contributed by atoms with Gasteiger partial charge in [-0.25, -0.2) is 13.1 Å². The monoisotopic (exact) mass is 382 g/mol. The molecule has 24 heavy (non-hydrogen) atoms. The molecule has 1 aromatic heterocycles. The number of rotatable bonds is 3. The number of nitrogens with one attached hydrogen (secondary N) is 1. The van der Waals surface area contributed by atoms with Crippen molar-refractivity contribution in [3.05, 3.63) is 45.8 Å². The number of thiophene rings is 1. The fourth-order valence-electron chi connectivity index (χ4n) is 4.10. The third kappa shape index (κ3) is 2.96. The highest BCUT2D eigenvalue weighted by Crippen LogP contribution is 2.41. The molecule has 3 atom stereocenters. The molecule has 0 aliphatic heterocycles. The highest BCUT2D eigenvalue weighted by Gasteiger charge is 2.41. The smallest absolute Gasteiger partial charge is 0.250 e. The van der Waals surface area contributed by atoms with Gasteiger partial charge in [-0.2, -0.15) is 0 Å². The lowest BCUT2D eigenvalue weighted by molar-refractivity contribution is 0.386. The van der Waals surface area contributed by atoms with Crippen LogP contribution in [0.2, 0.25) is 4.34 Å². The molecular weight excluding hydrogens is 364 g/mol. The zero-order chi connectivity index (χ0) is 16.9. The van der Waals surface area contributed by atoms with Gasteiger partial charge in [0, 0.05) is 11.7 Å². The van der Waals surface area contributed by atoms with Crippen molar-refractivity contribution in [1.29, 1.82) is 0 Å². The fourth-order valence-corrected chi connectivity index (χ4v) is 6.97. The molecule has 1 heterocycles. The van der Waals surface area contributed by atoms with Crippen LogP contribution < -0.4 is 10.5 Å². The second-order valence-electron chi connectivity index (χ2n) is 6.74. The van der Waals surface area contributed by atoms with Crippen LogP contribution in [0.1, 0.15) is 24.0 Å². The second kappa shape index (κ2) is 6.02. The molecule has 0 saturated heterocycles. The lowest BCUT2D eigenvalue weighted by atomic mass is 9.93. The van der Waals surface area contributed by atoms with Crippen molar-refractivity contribution in [1.82, 2.24) is 4.72 Å². The number of fused-ring (bicyclic) bond motifs is 3. The number of anilines is 1. The van der Waals surface area contributed by atoms with E-state index in [0.717, 1.165) is 42.7 Å². The quantitative estimate of drug-likeness (QED) is 0.798. The Kier molecular flexibility index (Phi) is 4.11. The third-order valence-corrected chi connectivity index (χ3v) is 8.41. The summed E-state index contributed by atoms with van der Waals surface area (Å²) in [5.74, 6) is 0.661. The maximum absolute atomic E-state index is 12.7. The summed E-state index contributed by atoms with van der Waals surface area (Å²) in [7, 11) is -3.52. The summed E-state index contributed by atoms with van der Waals surface area (Å²) in [6.07, 6.45) is 3.91. The van der Waals surface area contributed by atoms with Crippen LogP contribution >= 0.6 is 22.9 Å². The van der Waals surface area contributed by atoms with Gasteiger partial charge in [0.15, 0.2) is 0 Å². The van der Waals surface area contributed by atoms with Crippen LogP contribution in [0.5, 0.6) is 0 Å². The van der Waals surface area contributed by atoms with Crippen molar-refractivity contribution in [3.63, 3.8) is 0 Å². The maximum atomic E-state index is 12.7. The third-order valence-electron chi connectivity index (χ3n) is 5.22. The van der Waals surface area contributed by atoms with Crippen molar-refractivity contribution < 1.29 is 8.42 Å². The Bertz CT molecular complexity index is 878. The molecule has 0 amide bonds. The van der Waals surface area contributed by atoms with E-state index in [4.69, 9.17) is 17.3 Å². The lowest BCUT2D eigenvalue weighted by Gasteiger charge is -2.23. The molecule has 4 rings (SSSR count). The number of nitrogens with two attached hydrogens (primary N) is 1. The molecule has 0 radical (unpaired) electrons. The van der Waals surface area contributed by atoms with Crippen molar-refractivity contribution in [3.8, 4) is 0 Å². The standard InChI is InChI=1S/C17H19ClN2O2S2/c18-15-5-6-16(23-15)24(21,22)20-17-11-1-2-12(17)8-13-9-14(19)4-3-10(13)7-11/h3-6,9,11-12,17,20H,1-2,7-8,19H2. The van der Waals surface area contributed by atoms with E-state index < -0.39 is 10.0 Å². The first-order valence-corrected chi connectivity index (χ1v) is 10.7. The molecule has 0 spiro atoms. The molecule has 3 N–H and O–H groups in total. The molecule has 4 nitrogen and oxygen atoms in total. The first-order valence-electron chi connectivity index (χ1n) is 8.07. The van der Waals surface area contributed by atoms with Crippen LogP contribution in [-0.2, 0) is 22.9 Å². The predicted octanol–water partition coefficient (Wildman–Crippen LogP) is 3.46. The van der Waals surface area contributed by atoms with E-state index in [2.05, 4.69) is 10.8 Å². The van der Waals surface area contributed by atoms with Gasteiger partial charge in [0.25, 0.3) is 0 Å². The average Bonchev–Trinajstić information content (AvgIpc) is 3.05. The van der Waals surface area contributed by atoms with Gasteiger partial charge in [0.05, 0.1) is 4.34 Å². The Labute approximate surface area is 151 Å². The van der Waals surface area contributed by atoms with E-state index in [-0.39, 0.29) is 10.3 Å². The van der Waals surface area contributed by atoms with Gasteiger partial charge in [0.1, 0.15) is 4.21 Å². The van der Waals surface area contributed by atoms with Gasteiger partial charge >= 0.3 is 0 Å².